The number of hydrogen-bond donors (Lipinski definition) is 0. The molecule has 0 bridgehead atoms. The van der Waals surface area contributed by atoms with E-state index in [4.69, 9.17) is 9.47 Å². The van der Waals surface area contributed by atoms with Gasteiger partial charge in [-0.05, 0) is 25.8 Å². The van der Waals surface area contributed by atoms with Crippen molar-refractivity contribution >= 4 is 17.7 Å². The van der Waals surface area contributed by atoms with Gasteiger partial charge in [-0.15, -0.1) is 0 Å². The molecule has 138 valence electrons. The molecule has 0 aliphatic rings. The van der Waals surface area contributed by atoms with E-state index in [1.54, 1.807) is 38.1 Å². The van der Waals surface area contributed by atoms with Gasteiger partial charge >= 0.3 is 11.9 Å². The molecular weight excluding hydrogens is 320 g/mol. The first-order valence-corrected chi connectivity index (χ1v) is 8.97. The number of unbranched alkanes of at least 4 members (excludes halogenated alkanes) is 2. The molecule has 0 radical (unpaired) electrons. The second-order valence-electron chi connectivity index (χ2n) is 5.79. The topological polar surface area (TPSA) is 69.7 Å². The van der Waals surface area contributed by atoms with Crippen LogP contribution in [-0.2, 0) is 23.9 Å². The molecular formula is C20H28O5. The highest BCUT2D eigenvalue weighted by Gasteiger charge is 2.41. The van der Waals surface area contributed by atoms with Crippen molar-refractivity contribution in [3.8, 4) is 0 Å². The fraction of sp³-hybridized carbons (Fsp3) is 0.550. The minimum absolute atomic E-state index is 0.134. The van der Waals surface area contributed by atoms with Crippen LogP contribution < -0.4 is 0 Å². The van der Waals surface area contributed by atoms with Crippen molar-refractivity contribution in [1.82, 2.24) is 0 Å². The summed E-state index contributed by atoms with van der Waals surface area (Å²) in [4.78, 5) is 37.7. The third-order valence-electron chi connectivity index (χ3n) is 3.95. The van der Waals surface area contributed by atoms with Gasteiger partial charge in [0.25, 0.3) is 0 Å². The van der Waals surface area contributed by atoms with E-state index >= 15 is 0 Å². The molecule has 0 saturated heterocycles. The van der Waals surface area contributed by atoms with Crippen LogP contribution in [-0.4, -0.2) is 30.9 Å². The zero-order chi connectivity index (χ0) is 18.7. The van der Waals surface area contributed by atoms with Gasteiger partial charge in [-0.2, -0.15) is 0 Å². The van der Waals surface area contributed by atoms with Gasteiger partial charge in [-0.1, -0.05) is 50.1 Å². The molecule has 0 aliphatic heterocycles. The number of ether oxygens (including phenoxy) is 2. The van der Waals surface area contributed by atoms with E-state index < -0.39 is 23.8 Å². The van der Waals surface area contributed by atoms with E-state index in [9.17, 15) is 14.4 Å². The predicted octanol–water partition coefficient (Wildman–Crippen LogP) is 3.66. The molecule has 0 saturated carbocycles. The number of benzene rings is 1. The largest absolute Gasteiger partial charge is 0.465 e. The SMILES string of the molecule is CCCCCC(=O)C(c1ccccc1)C(C(=O)OCC)C(=O)OCC. The van der Waals surface area contributed by atoms with Gasteiger partial charge in [0.15, 0.2) is 5.92 Å². The molecule has 5 heteroatoms. The fourth-order valence-corrected chi connectivity index (χ4v) is 2.76. The Morgan fingerprint density at radius 3 is 1.92 bits per heavy atom. The van der Waals surface area contributed by atoms with Crippen LogP contribution in [0.4, 0.5) is 0 Å². The molecule has 0 spiro atoms. The lowest BCUT2D eigenvalue weighted by atomic mass is 9.81. The number of Topliss-reactive ketones (excluding diaryl/α,β-unsaturated/α-hetero) is 1. The van der Waals surface area contributed by atoms with Gasteiger partial charge in [-0.25, -0.2) is 0 Å². The molecule has 5 nitrogen and oxygen atoms in total. The highest BCUT2D eigenvalue weighted by atomic mass is 16.6. The Hall–Kier alpha value is -2.17. The third kappa shape index (κ3) is 6.33. The minimum atomic E-state index is -1.27. The average molecular weight is 348 g/mol. The fourth-order valence-electron chi connectivity index (χ4n) is 2.76. The van der Waals surface area contributed by atoms with Crippen molar-refractivity contribution in [3.63, 3.8) is 0 Å². The summed E-state index contributed by atoms with van der Waals surface area (Å²) in [6, 6.07) is 8.91. The van der Waals surface area contributed by atoms with E-state index in [1.807, 2.05) is 6.07 Å². The van der Waals surface area contributed by atoms with Crippen LogP contribution in [0.1, 0.15) is 57.9 Å². The van der Waals surface area contributed by atoms with Gasteiger partial charge in [-0.3, -0.25) is 14.4 Å². The Kier molecular flexibility index (Phi) is 9.51. The summed E-state index contributed by atoms with van der Waals surface area (Å²) in [5, 5.41) is 0. The Morgan fingerprint density at radius 1 is 0.880 bits per heavy atom. The van der Waals surface area contributed by atoms with Crippen molar-refractivity contribution < 1.29 is 23.9 Å². The molecule has 0 heterocycles. The first-order chi connectivity index (χ1) is 12.1. The minimum Gasteiger partial charge on any atom is -0.465 e. The predicted molar refractivity (Wildman–Crippen MR) is 95.1 cm³/mol. The maximum Gasteiger partial charge on any atom is 0.321 e. The summed E-state index contributed by atoms with van der Waals surface area (Å²) in [7, 11) is 0. The van der Waals surface area contributed by atoms with Gasteiger partial charge in [0, 0.05) is 6.42 Å². The number of esters is 2. The second-order valence-corrected chi connectivity index (χ2v) is 5.79. The summed E-state index contributed by atoms with van der Waals surface area (Å²) in [6.07, 6.45) is 2.97. The van der Waals surface area contributed by atoms with Crippen LogP contribution >= 0.6 is 0 Å². The maximum atomic E-state index is 12.9. The molecule has 1 aromatic rings. The Balaban J connectivity index is 3.20. The summed E-state index contributed by atoms with van der Waals surface area (Å²) >= 11 is 0. The van der Waals surface area contributed by atoms with E-state index in [0.717, 1.165) is 19.3 Å². The standard InChI is InChI=1S/C20H28O5/c1-4-7-9-14-16(21)17(15-12-10-8-11-13-15)18(19(22)24-5-2)20(23)25-6-3/h8,10-13,17-18H,4-7,9,14H2,1-3H3. The van der Waals surface area contributed by atoms with Gasteiger partial charge in [0.2, 0.25) is 0 Å². The maximum absolute atomic E-state index is 12.9. The molecule has 1 aromatic carbocycles. The lowest BCUT2D eigenvalue weighted by molar-refractivity contribution is -0.164. The van der Waals surface area contributed by atoms with Gasteiger partial charge in [0.1, 0.15) is 5.78 Å². The van der Waals surface area contributed by atoms with Gasteiger partial charge < -0.3 is 9.47 Å². The lowest BCUT2D eigenvalue weighted by Gasteiger charge is -2.23. The van der Waals surface area contributed by atoms with Crippen molar-refractivity contribution in [2.45, 2.75) is 52.4 Å². The monoisotopic (exact) mass is 348 g/mol. The second kappa shape index (κ2) is 11.4. The highest BCUT2D eigenvalue weighted by molar-refractivity contribution is 6.02. The van der Waals surface area contributed by atoms with E-state index in [0.29, 0.717) is 12.0 Å². The zero-order valence-corrected chi connectivity index (χ0v) is 15.3. The Labute approximate surface area is 149 Å². The number of ketones is 1. The van der Waals surface area contributed by atoms with E-state index in [2.05, 4.69) is 6.92 Å². The quantitative estimate of drug-likeness (QED) is 0.347. The number of hydrogen-bond acceptors (Lipinski definition) is 5. The van der Waals surface area contributed by atoms with Crippen LogP contribution in [0.3, 0.4) is 0 Å². The first-order valence-electron chi connectivity index (χ1n) is 8.97. The van der Waals surface area contributed by atoms with Gasteiger partial charge in [0.05, 0.1) is 19.1 Å². The molecule has 1 atom stereocenters. The van der Waals surface area contributed by atoms with Crippen LogP contribution in [0, 0.1) is 5.92 Å². The van der Waals surface area contributed by atoms with Crippen LogP contribution in [0.2, 0.25) is 0 Å². The average Bonchev–Trinajstić information content (AvgIpc) is 2.60. The van der Waals surface area contributed by atoms with E-state index in [-0.39, 0.29) is 19.0 Å². The van der Waals surface area contributed by atoms with Crippen molar-refractivity contribution in [2.75, 3.05) is 13.2 Å². The van der Waals surface area contributed by atoms with E-state index in [1.165, 1.54) is 0 Å². The number of rotatable bonds is 11. The Morgan fingerprint density at radius 2 is 1.44 bits per heavy atom. The molecule has 0 aliphatic carbocycles. The van der Waals surface area contributed by atoms with Crippen molar-refractivity contribution in [1.29, 1.82) is 0 Å². The summed E-state index contributed by atoms with van der Waals surface area (Å²) < 4.78 is 10.1. The smallest absolute Gasteiger partial charge is 0.321 e. The normalized spacial score (nSPS) is 11.8. The van der Waals surface area contributed by atoms with Crippen molar-refractivity contribution in [2.24, 2.45) is 5.92 Å². The summed E-state index contributed by atoms with van der Waals surface area (Å²) in [5.74, 6) is -3.70. The number of carbonyl (C=O) groups excluding carboxylic acids is 3. The van der Waals surface area contributed by atoms with Crippen LogP contribution in [0.15, 0.2) is 30.3 Å². The Bertz CT molecular complexity index is 534. The molecule has 0 fully saturated rings. The first kappa shape index (κ1) is 20.9. The molecule has 25 heavy (non-hydrogen) atoms. The molecule has 1 unspecified atom stereocenters. The number of carbonyl (C=O) groups is 3. The highest BCUT2D eigenvalue weighted by Crippen LogP contribution is 2.30. The van der Waals surface area contributed by atoms with Crippen LogP contribution in [0.5, 0.6) is 0 Å². The van der Waals surface area contributed by atoms with Crippen molar-refractivity contribution in [3.05, 3.63) is 35.9 Å². The molecule has 0 aromatic heterocycles. The lowest BCUT2D eigenvalue weighted by Crippen LogP contribution is -2.37. The van der Waals surface area contributed by atoms with Crippen LogP contribution in [0.25, 0.3) is 0 Å². The third-order valence-corrected chi connectivity index (χ3v) is 3.95. The molecule has 0 N–H and O–H groups in total. The molecule has 0 amide bonds. The zero-order valence-electron chi connectivity index (χ0n) is 15.3. The summed E-state index contributed by atoms with van der Waals surface area (Å²) in [5.41, 5.74) is 0.634. The molecule has 1 rings (SSSR count). The summed E-state index contributed by atoms with van der Waals surface area (Å²) in [6.45, 7) is 5.67.